The molecule has 0 aliphatic heterocycles. The molecule has 16 heavy (non-hydrogen) atoms. The summed E-state index contributed by atoms with van der Waals surface area (Å²) in [5, 5.41) is 9.81. The molecule has 0 aromatic heterocycles. The first-order valence-corrected chi connectivity index (χ1v) is 5.49. The molecule has 0 spiro atoms. The van der Waals surface area contributed by atoms with Gasteiger partial charge in [-0.2, -0.15) is 0 Å². The zero-order chi connectivity index (χ0) is 11.5. The second-order valence-electron chi connectivity index (χ2n) is 4.29. The Bertz CT molecular complexity index is 483. The highest BCUT2D eigenvalue weighted by atomic mass is 16.3. The van der Waals surface area contributed by atoms with E-state index in [1.807, 2.05) is 25.1 Å². The Morgan fingerprint density at radius 3 is 2.12 bits per heavy atom. The molecule has 0 heterocycles. The van der Waals surface area contributed by atoms with Gasteiger partial charge in [0.05, 0.1) is 0 Å². The average Bonchev–Trinajstić information content (AvgIpc) is 2.25. The molecule has 82 valence electrons. The number of phenolic OH excluding ortho intramolecular Hbond substituents is 1. The Labute approximate surface area is 96.4 Å². The van der Waals surface area contributed by atoms with Crippen molar-refractivity contribution >= 4 is 0 Å². The molecule has 2 rings (SSSR count). The third-order valence-corrected chi connectivity index (χ3v) is 2.76. The largest absolute Gasteiger partial charge is 0.508 e. The first-order chi connectivity index (χ1) is 7.65. The number of hydrogen-bond acceptors (Lipinski definition) is 1. The second-order valence-corrected chi connectivity index (χ2v) is 4.29. The summed E-state index contributed by atoms with van der Waals surface area (Å²) in [7, 11) is 0. The summed E-state index contributed by atoms with van der Waals surface area (Å²) >= 11 is 0. The fraction of sp³-hybridized carbons (Fsp3) is 0.200. The van der Waals surface area contributed by atoms with Gasteiger partial charge < -0.3 is 5.11 Å². The summed E-state index contributed by atoms with van der Waals surface area (Å²) in [5.41, 5.74) is 4.56. The predicted molar refractivity (Wildman–Crippen MR) is 66.8 cm³/mol. The van der Waals surface area contributed by atoms with Gasteiger partial charge in [0.1, 0.15) is 5.75 Å². The summed E-state index contributed by atoms with van der Waals surface area (Å²) in [6.45, 7) is 4.06. The molecule has 1 heteroatoms. The molecule has 0 amide bonds. The molecule has 0 radical (unpaired) electrons. The minimum atomic E-state index is 0.389. The van der Waals surface area contributed by atoms with Gasteiger partial charge in [-0.1, -0.05) is 42.0 Å². The molecule has 0 unspecified atom stereocenters. The van der Waals surface area contributed by atoms with E-state index in [4.69, 9.17) is 0 Å². The van der Waals surface area contributed by atoms with Crippen LogP contribution in [-0.2, 0) is 6.42 Å². The van der Waals surface area contributed by atoms with Crippen molar-refractivity contribution in [1.29, 1.82) is 0 Å². The normalized spacial score (nSPS) is 10.4. The molecule has 0 bridgehead atoms. The van der Waals surface area contributed by atoms with Crippen molar-refractivity contribution in [2.75, 3.05) is 0 Å². The van der Waals surface area contributed by atoms with E-state index in [1.165, 1.54) is 11.1 Å². The van der Waals surface area contributed by atoms with Crippen LogP contribution in [0, 0.1) is 13.8 Å². The number of hydrogen-bond donors (Lipinski definition) is 1. The molecule has 2 aromatic carbocycles. The van der Waals surface area contributed by atoms with E-state index in [9.17, 15) is 5.11 Å². The SMILES string of the molecule is Cc1ccc(Cc2ccc(C)cc2O)cc1. The van der Waals surface area contributed by atoms with E-state index in [-0.39, 0.29) is 0 Å². The molecular weight excluding hydrogens is 196 g/mol. The van der Waals surface area contributed by atoms with E-state index in [0.29, 0.717) is 5.75 Å². The molecule has 2 aromatic rings. The number of benzene rings is 2. The highest BCUT2D eigenvalue weighted by molar-refractivity contribution is 5.39. The van der Waals surface area contributed by atoms with Crippen LogP contribution in [0.4, 0.5) is 0 Å². The van der Waals surface area contributed by atoms with Crippen LogP contribution in [0.3, 0.4) is 0 Å². The van der Waals surface area contributed by atoms with Crippen LogP contribution in [0.1, 0.15) is 22.3 Å². The van der Waals surface area contributed by atoms with Gasteiger partial charge in [-0.3, -0.25) is 0 Å². The third-order valence-electron chi connectivity index (χ3n) is 2.76. The second kappa shape index (κ2) is 4.40. The number of rotatable bonds is 2. The molecular formula is C15H16O. The van der Waals surface area contributed by atoms with Crippen molar-refractivity contribution in [2.45, 2.75) is 20.3 Å². The summed E-state index contributed by atoms with van der Waals surface area (Å²) in [6, 6.07) is 14.2. The van der Waals surface area contributed by atoms with Crippen LogP contribution in [0.25, 0.3) is 0 Å². The van der Waals surface area contributed by atoms with E-state index in [0.717, 1.165) is 17.5 Å². The van der Waals surface area contributed by atoms with Gasteiger partial charge in [-0.15, -0.1) is 0 Å². The van der Waals surface area contributed by atoms with Crippen molar-refractivity contribution in [3.8, 4) is 5.75 Å². The molecule has 0 fully saturated rings. The minimum absolute atomic E-state index is 0.389. The summed E-state index contributed by atoms with van der Waals surface area (Å²) in [6.07, 6.45) is 0.784. The molecule has 1 nitrogen and oxygen atoms in total. The standard InChI is InChI=1S/C15H16O/c1-11-3-6-13(7-4-11)10-14-8-5-12(2)9-15(14)16/h3-9,16H,10H2,1-2H3. The van der Waals surface area contributed by atoms with Gasteiger partial charge in [-0.25, -0.2) is 0 Å². The molecule has 0 atom stereocenters. The quantitative estimate of drug-likeness (QED) is 0.806. The van der Waals surface area contributed by atoms with E-state index >= 15 is 0 Å². The Kier molecular flexibility index (Phi) is 2.95. The van der Waals surface area contributed by atoms with Gasteiger partial charge in [0, 0.05) is 6.42 Å². The van der Waals surface area contributed by atoms with Gasteiger partial charge in [-0.05, 0) is 36.6 Å². The van der Waals surface area contributed by atoms with Crippen molar-refractivity contribution in [1.82, 2.24) is 0 Å². The maximum atomic E-state index is 9.81. The summed E-state index contributed by atoms with van der Waals surface area (Å²) in [5.74, 6) is 0.389. The smallest absolute Gasteiger partial charge is 0.119 e. The van der Waals surface area contributed by atoms with Crippen LogP contribution in [-0.4, -0.2) is 5.11 Å². The van der Waals surface area contributed by atoms with Crippen LogP contribution >= 0.6 is 0 Å². The first-order valence-electron chi connectivity index (χ1n) is 5.49. The van der Waals surface area contributed by atoms with Crippen LogP contribution < -0.4 is 0 Å². The molecule has 0 saturated carbocycles. The molecule has 0 aliphatic rings. The maximum Gasteiger partial charge on any atom is 0.119 e. The van der Waals surface area contributed by atoms with Crippen molar-refractivity contribution in [2.24, 2.45) is 0 Å². The Balaban J connectivity index is 2.23. The topological polar surface area (TPSA) is 20.2 Å². The van der Waals surface area contributed by atoms with Gasteiger partial charge >= 0.3 is 0 Å². The number of aryl methyl sites for hydroxylation is 2. The zero-order valence-corrected chi connectivity index (χ0v) is 9.70. The Morgan fingerprint density at radius 1 is 0.875 bits per heavy atom. The van der Waals surface area contributed by atoms with Crippen molar-refractivity contribution in [3.63, 3.8) is 0 Å². The predicted octanol–water partition coefficient (Wildman–Crippen LogP) is 3.60. The van der Waals surface area contributed by atoms with E-state index in [1.54, 1.807) is 0 Å². The van der Waals surface area contributed by atoms with Gasteiger partial charge in [0.15, 0.2) is 0 Å². The Morgan fingerprint density at radius 2 is 1.50 bits per heavy atom. The van der Waals surface area contributed by atoms with Crippen LogP contribution in [0.2, 0.25) is 0 Å². The monoisotopic (exact) mass is 212 g/mol. The third kappa shape index (κ3) is 2.43. The van der Waals surface area contributed by atoms with Crippen LogP contribution in [0.5, 0.6) is 5.75 Å². The number of phenols is 1. The lowest BCUT2D eigenvalue weighted by molar-refractivity contribution is 0.469. The molecule has 0 aliphatic carbocycles. The lowest BCUT2D eigenvalue weighted by Gasteiger charge is -2.06. The van der Waals surface area contributed by atoms with E-state index in [2.05, 4.69) is 31.2 Å². The number of aromatic hydroxyl groups is 1. The van der Waals surface area contributed by atoms with E-state index < -0.39 is 0 Å². The fourth-order valence-corrected chi connectivity index (χ4v) is 1.75. The van der Waals surface area contributed by atoms with Crippen molar-refractivity contribution in [3.05, 3.63) is 64.7 Å². The lowest BCUT2D eigenvalue weighted by atomic mass is 10.0. The minimum Gasteiger partial charge on any atom is -0.508 e. The van der Waals surface area contributed by atoms with Gasteiger partial charge in [0.25, 0.3) is 0 Å². The van der Waals surface area contributed by atoms with Crippen molar-refractivity contribution < 1.29 is 5.11 Å². The zero-order valence-electron chi connectivity index (χ0n) is 9.70. The Hall–Kier alpha value is -1.76. The first kappa shape index (κ1) is 10.7. The molecule has 0 saturated heterocycles. The highest BCUT2D eigenvalue weighted by Crippen LogP contribution is 2.21. The summed E-state index contributed by atoms with van der Waals surface area (Å²) in [4.78, 5) is 0. The van der Waals surface area contributed by atoms with Gasteiger partial charge in [0.2, 0.25) is 0 Å². The summed E-state index contributed by atoms with van der Waals surface area (Å²) < 4.78 is 0. The fourth-order valence-electron chi connectivity index (χ4n) is 1.75. The molecule has 1 N–H and O–H groups in total. The lowest BCUT2D eigenvalue weighted by Crippen LogP contribution is -1.89. The maximum absolute atomic E-state index is 9.81. The average molecular weight is 212 g/mol. The highest BCUT2D eigenvalue weighted by Gasteiger charge is 2.02. The van der Waals surface area contributed by atoms with Crippen LogP contribution in [0.15, 0.2) is 42.5 Å².